The van der Waals surface area contributed by atoms with Crippen LogP contribution in [0.15, 0.2) is 71.6 Å². The molecular weight excluding hydrogens is 486 g/mol. The van der Waals surface area contributed by atoms with Crippen LogP contribution in [0.25, 0.3) is 0 Å². The van der Waals surface area contributed by atoms with Gasteiger partial charge >= 0.3 is 0 Å². The Bertz CT molecular complexity index is 1430. The van der Waals surface area contributed by atoms with Gasteiger partial charge in [0.15, 0.2) is 0 Å². The van der Waals surface area contributed by atoms with Crippen molar-refractivity contribution in [3.8, 4) is 0 Å². The first-order valence-electron chi connectivity index (χ1n) is 11.0. The number of nitrogens with zero attached hydrogens (tertiary/aromatic N) is 1. The van der Waals surface area contributed by atoms with Crippen LogP contribution >= 0.6 is 0 Å². The number of carbonyl (C=O) groups is 1. The molecule has 0 aliphatic heterocycles. The Balaban J connectivity index is 1.74. The molecule has 0 aromatic heterocycles. The SMILES string of the molecule is CCc1ccccc1N(CC(=O)Nc1ccc(S(=O)(=O)Nc2ccc(C)cc2C)cc1)S(C)(=O)=O. The number of amides is 1. The molecule has 10 heteroatoms. The van der Waals surface area contributed by atoms with Gasteiger partial charge in [-0.3, -0.25) is 13.8 Å². The van der Waals surface area contributed by atoms with E-state index in [2.05, 4.69) is 10.0 Å². The Morgan fingerprint density at radius 3 is 2.17 bits per heavy atom. The molecule has 0 bridgehead atoms. The third kappa shape index (κ3) is 6.61. The van der Waals surface area contributed by atoms with E-state index in [1.54, 1.807) is 18.2 Å². The Hall–Kier alpha value is -3.37. The summed E-state index contributed by atoms with van der Waals surface area (Å²) in [4.78, 5) is 12.7. The summed E-state index contributed by atoms with van der Waals surface area (Å²) >= 11 is 0. The Kier molecular flexibility index (Phi) is 7.86. The number of hydrogen-bond donors (Lipinski definition) is 2. The number of rotatable bonds is 9. The Morgan fingerprint density at radius 1 is 0.914 bits per heavy atom. The average molecular weight is 516 g/mol. The second kappa shape index (κ2) is 10.5. The largest absolute Gasteiger partial charge is 0.325 e. The molecular formula is C25H29N3O5S2. The van der Waals surface area contributed by atoms with E-state index in [0.717, 1.165) is 27.3 Å². The third-order valence-electron chi connectivity index (χ3n) is 5.40. The van der Waals surface area contributed by atoms with E-state index < -0.39 is 32.5 Å². The molecule has 0 radical (unpaired) electrons. The van der Waals surface area contributed by atoms with Gasteiger partial charge in [0.25, 0.3) is 10.0 Å². The van der Waals surface area contributed by atoms with Crippen molar-refractivity contribution in [1.29, 1.82) is 0 Å². The summed E-state index contributed by atoms with van der Waals surface area (Å²) in [7, 11) is -7.54. The van der Waals surface area contributed by atoms with Gasteiger partial charge in [-0.1, -0.05) is 42.8 Å². The van der Waals surface area contributed by atoms with Crippen LogP contribution in [-0.2, 0) is 31.3 Å². The first kappa shape index (κ1) is 26.2. The number of carbonyl (C=O) groups excluding carboxylic acids is 1. The van der Waals surface area contributed by atoms with Crippen LogP contribution in [0.1, 0.15) is 23.6 Å². The van der Waals surface area contributed by atoms with Gasteiger partial charge in [-0.15, -0.1) is 0 Å². The van der Waals surface area contributed by atoms with Gasteiger partial charge in [0, 0.05) is 5.69 Å². The van der Waals surface area contributed by atoms with Crippen molar-refractivity contribution < 1.29 is 21.6 Å². The Labute approximate surface area is 207 Å². The minimum Gasteiger partial charge on any atom is -0.325 e. The van der Waals surface area contributed by atoms with Gasteiger partial charge in [0.1, 0.15) is 6.54 Å². The molecule has 0 unspecified atom stereocenters. The standard InChI is InChI=1S/C25H29N3O5S2/c1-5-20-8-6-7-9-24(20)28(34(4,30)31)17-25(29)26-21-11-13-22(14-12-21)35(32,33)27-23-15-10-18(2)16-19(23)3/h6-16,27H,5,17H2,1-4H3,(H,26,29). The maximum absolute atomic E-state index is 12.8. The second-order valence-corrected chi connectivity index (χ2v) is 11.8. The van der Waals surface area contributed by atoms with E-state index in [1.165, 1.54) is 24.3 Å². The number of nitrogens with one attached hydrogen (secondary N) is 2. The molecule has 3 rings (SSSR count). The summed E-state index contributed by atoms with van der Waals surface area (Å²) in [5, 5.41) is 2.64. The maximum atomic E-state index is 12.8. The highest BCUT2D eigenvalue weighted by Gasteiger charge is 2.23. The molecule has 3 aromatic carbocycles. The third-order valence-corrected chi connectivity index (χ3v) is 7.91. The van der Waals surface area contributed by atoms with Gasteiger partial charge in [-0.25, -0.2) is 16.8 Å². The lowest BCUT2D eigenvalue weighted by Gasteiger charge is -2.24. The molecule has 35 heavy (non-hydrogen) atoms. The molecule has 186 valence electrons. The zero-order chi connectivity index (χ0) is 25.8. The van der Waals surface area contributed by atoms with E-state index >= 15 is 0 Å². The minimum atomic E-state index is -3.83. The molecule has 0 saturated heterocycles. The van der Waals surface area contributed by atoms with E-state index in [1.807, 2.05) is 45.0 Å². The number of hydrogen-bond acceptors (Lipinski definition) is 5. The fraction of sp³-hybridized carbons (Fsp3) is 0.240. The van der Waals surface area contributed by atoms with Crippen molar-refractivity contribution >= 4 is 43.0 Å². The highest BCUT2D eigenvalue weighted by molar-refractivity contribution is 7.92. The van der Waals surface area contributed by atoms with Crippen LogP contribution in [0, 0.1) is 13.8 Å². The Morgan fingerprint density at radius 2 is 1.57 bits per heavy atom. The number of sulfonamides is 2. The van der Waals surface area contributed by atoms with Crippen molar-refractivity contribution in [1.82, 2.24) is 0 Å². The summed E-state index contributed by atoms with van der Waals surface area (Å²) in [5.41, 5.74) is 3.91. The van der Waals surface area contributed by atoms with Crippen LogP contribution < -0.4 is 14.3 Å². The van der Waals surface area contributed by atoms with Crippen LogP contribution in [0.5, 0.6) is 0 Å². The summed E-state index contributed by atoms with van der Waals surface area (Å²) < 4.78 is 54.0. The monoisotopic (exact) mass is 515 g/mol. The van der Waals surface area contributed by atoms with Gasteiger partial charge in [-0.2, -0.15) is 0 Å². The number of aryl methyl sites for hydroxylation is 3. The highest BCUT2D eigenvalue weighted by Crippen LogP contribution is 2.24. The van der Waals surface area contributed by atoms with Gasteiger partial charge in [-0.05, 0) is 67.8 Å². The molecule has 0 atom stereocenters. The van der Waals surface area contributed by atoms with E-state index in [4.69, 9.17) is 0 Å². The molecule has 0 saturated carbocycles. The molecule has 3 aromatic rings. The van der Waals surface area contributed by atoms with Crippen molar-refractivity contribution in [2.45, 2.75) is 32.1 Å². The first-order valence-corrected chi connectivity index (χ1v) is 14.3. The van der Waals surface area contributed by atoms with Crippen LogP contribution in [0.4, 0.5) is 17.1 Å². The predicted molar refractivity (Wildman–Crippen MR) is 140 cm³/mol. The predicted octanol–water partition coefficient (Wildman–Crippen LogP) is 4.07. The topological polar surface area (TPSA) is 113 Å². The lowest BCUT2D eigenvalue weighted by atomic mass is 10.1. The van der Waals surface area contributed by atoms with Crippen molar-refractivity contribution in [3.05, 3.63) is 83.4 Å². The zero-order valence-electron chi connectivity index (χ0n) is 20.1. The van der Waals surface area contributed by atoms with Crippen LogP contribution in [-0.4, -0.2) is 35.5 Å². The summed E-state index contributed by atoms with van der Waals surface area (Å²) in [6.45, 7) is 5.24. The van der Waals surface area contributed by atoms with Gasteiger partial charge in [0.2, 0.25) is 15.9 Å². The summed E-state index contributed by atoms with van der Waals surface area (Å²) in [6.07, 6.45) is 1.66. The molecule has 0 aliphatic carbocycles. The average Bonchev–Trinajstić information content (AvgIpc) is 2.79. The highest BCUT2D eigenvalue weighted by atomic mass is 32.2. The zero-order valence-corrected chi connectivity index (χ0v) is 21.7. The van der Waals surface area contributed by atoms with Crippen LogP contribution in [0.2, 0.25) is 0 Å². The lowest BCUT2D eigenvalue weighted by Crippen LogP contribution is -2.38. The fourth-order valence-corrected chi connectivity index (χ4v) is 5.63. The van der Waals surface area contributed by atoms with E-state index in [-0.39, 0.29) is 4.90 Å². The smallest absolute Gasteiger partial charge is 0.261 e. The molecule has 0 spiro atoms. The second-order valence-electron chi connectivity index (χ2n) is 8.25. The molecule has 1 amide bonds. The minimum absolute atomic E-state index is 0.0325. The molecule has 8 nitrogen and oxygen atoms in total. The summed E-state index contributed by atoms with van der Waals surface area (Å²) in [6, 6.07) is 18.1. The van der Waals surface area contributed by atoms with Gasteiger partial charge < -0.3 is 5.32 Å². The van der Waals surface area contributed by atoms with E-state index in [9.17, 15) is 21.6 Å². The normalized spacial score (nSPS) is 11.7. The summed E-state index contributed by atoms with van der Waals surface area (Å²) in [5.74, 6) is -0.551. The molecule has 2 N–H and O–H groups in total. The first-order chi connectivity index (χ1) is 16.4. The van der Waals surface area contributed by atoms with Crippen molar-refractivity contribution in [3.63, 3.8) is 0 Å². The molecule has 0 aliphatic rings. The number of para-hydroxylation sites is 1. The van der Waals surface area contributed by atoms with Crippen molar-refractivity contribution in [2.75, 3.05) is 27.1 Å². The van der Waals surface area contributed by atoms with Gasteiger partial charge in [0.05, 0.1) is 22.5 Å². The number of benzene rings is 3. The van der Waals surface area contributed by atoms with E-state index in [0.29, 0.717) is 23.5 Å². The maximum Gasteiger partial charge on any atom is 0.261 e. The molecule has 0 heterocycles. The quantitative estimate of drug-likeness (QED) is 0.446. The fourth-order valence-electron chi connectivity index (χ4n) is 3.61. The van der Waals surface area contributed by atoms with Crippen molar-refractivity contribution in [2.24, 2.45) is 0 Å². The van der Waals surface area contributed by atoms with Crippen LogP contribution in [0.3, 0.4) is 0 Å². The lowest BCUT2D eigenvalue weighted by molar-refractivity contribution is -0.114. The number of anilines is 3. The molecule has 0 fully saturated rings.